The number of benzene rings is 4. The molecule has 0 spiro atoms. The minimum absolute atomic E-state index is 0.00453. The van der Waals surface area contributed by atoms with Gasteiger partial charge in [-0.25, -0.2) is 0 Å². The van der Waals surface area contributed by atoms with E-state index >= 15 is 0 Å². The number of rotatable bonds is 4. The van der Waals surface area contributed by atoms with E-state index in [4.69, 9.17) is 0 Å². The van der Waals surface area contributed by atoms with Crippen LogP contribution in [-0.4, -0.2) is 5.78 Å². The first-order valence-electron chi connectivity index (χ1n) is 10.7. The quantitative estimate of drug-likeness (QED) is 0.379. The molecule has 144 valence electrons. The Morgan fingerprint density at radius 3 is 1.50 bits per heavy atom. The molecule has 0 N–H and O–H groups in total. The van der Waals surface area contributed by atoms with E-state index in [-0.39, 0.29) is 5.78 Å². The highest BCUT2D eigenvalue weighted by molar-refractivity contribution is 6.35. The van der Waals surface area contributed by atoms with Crippen LogP contribution in [0, 0.1) is 0 Å². The Bertz CT molecular complexity index is 1230. The molecule has 4 aromatic carbocycles. The Labute approximate surface area is 178 Å². The van der Waals surface area contributed by atoms with E-state index in [0.29, 0.717) is 5.57 Å². The lowest BCUT2D eigenvalue weighted by atomic mass is 9.78. The van der Waals surface area contributed by atoms with Crippen molar-refractivity contribution in [1.82, 2.24) is 0 Å². The summed E-state index contributed by atoms with van der Waals surface area (Å²) in [6.45, 7) is 0. The van der Waals surface area contributed by atoms with Crippen LogP contribution in [0.4, 0.5) is 0 Å². The number of carbonyl (C=O) groups excluding carboxylic acids is 1. The van der Waals surface area contributed by atoms with Gasteiger partial charge in [-0.3, -0.25) is 4.79 Å². The van der Waals surface area contributed by atoms with Gasteiger partial charge in [0.05, 0.1) is 5.92 Å². The summed E-state index contributed by atoms with van der Waals surface area (Å²) in [5, 5.41) is 0. The SMILES string of the molecule is [2H]C1(c2ccccc2)C(c2ccccc2)=C(c2ccccc2)C(=O)C1c1ccccc1. The first-order valence-corrected chi connectivity index (χ1v) is 10.2. The molecule has 0 bridgehead atoms. The molecule has 4 aromatic rings. The highest BCUT2D eigenvalue weighted by Gasteiger charge is 2.44. The molecule has 30 heavy (non-hydrogen) atoms. The van der Waals surface area contributed by atoms with E-state index in [2.05, 4.69) is 0 Å². The summed E-state index contributed by atoms with van der Waals surface area (Å²) in [7, 11) is 0. The van der Waals surface area contributed by atoms with E-state index in [1.807, 2.05) is 121 Å². The van der Waals surface area contributed by atoms with Gasteiger partial charge in [-0.2, -0.15) is 0 Å². The fourth-order valence-corrected chi connectivity index (χ4v) is 4.37. The number of ketones is 1. The van der Waals surface area contributed by atoms with E-state index in [9.17, 15) is 6.17 Å². The molecule has 0 aliphatic heterocycles. The molecule has 0 saturated carbocycles. The van der Waals surface area contributed by atoms with Crippen molar-refractivity contribution in [2.75, 3.05) is 0 Å². The number of hydrogen-bond donors (Lipinski definition) is 0. The molecular formula is C29H22O. The van der Waals surface area contributed by atoms with Crippen molar-refractivity contribution >= 4 is 16.9 Å². The fourth-order valence-electron chi connectivity index (χ4n) is 4.37. The van der Waals surface area contributed by atoms with Crippen LogP contribution in [0.3, 0.4) is 0 Å². The van der Waals surface area contributed by atoms with Crippen molar-refractivity contribution in [3.63, 3.8) is 0 Å². The van der Waals surface area contributed by atoms with Crippen molar-refractivity contribution in [1.29, 1.82) is 0 Å². The van der Waals surface area contributed by atoms with Gasteiger partial charge in [-0.15, -0.1) is 0 Å². The zero-order valence-electron chi connectivity index (χ0n) is 17.5. The summed E-state index contributed by atoms with van der Waals surface area (Å²) in [6.07, 6.45) is 0. The zero-order chi connectivity index (χ0) is 21.3. The van der Waals surface area contributed by atoms with Gasteiger partial charge in [-0.1, -0.05) is 121 Å². The highest BCUT2D eigenvalue weighted by atomic mass is 16.1. The Hall–Kier alpha value is -3.71. The average Bonchev–Trinajstić information content (AvgIpc) is 3.09. The number of hydrogen-bond acceptors (Lipinski definition) is 1. The van der Waals surface area contributed by atoms with Gasteiger partial charge < -0.3 is 0 Å². The fraction of sp³-hybridized carbons (Fsp3) is 0.0690. The van der Waals surface area contributed by atoms with Gasteiger partial charge in [0.2, 0.25) is 0 Å². The van der Waals surface area contributed by atoms with Crippen molar-refractivity contribution in [2.45, 2.75) is 11.8 Å². The highest BCUT2D eigenvalue weighted by Crippen LogP contribution is 2.54. The first-order chi connectivity index (χ1) is 15.2. The standard InChI is InChI=1S/C29H22O/c30-29-27(23-17-9-3-10-18-23)25(21-13-5-1-6-14-21)26(22-15-7-2-8-16-22)28(29)24-19-11-4-12-20-24/h1-20,25,27H/i25D. The lowest BCUT2D eigenvalue weighted by Crippen LogP contribution is -2.14. The normalized spacial score (nSPS) is 21.5. The molecule has 0 aromatic heterocycles. The third kappa shape index (κ3) is 3.19. The molecular weight excluding hydrogens is 364 g/mol. The van der Waals surface area contributed by atoms with Crippen molar-refractivity contribution in [3.8, 4) is 0 Å². The van der Waals surface area contributed by atoms with Gasteiger partial charge in [0.25, 0.3) is 0 Å². The van der Waals surface area contributed by atoms with Crippen LogP contribution < -0.4 is 0 Å². The molecule has 0 radical (unpaired) electrons. The number of allylic oxidation sites excluding steroid dienone is 2. The molecule has 1 aliphatic rings. The topological polar surface area (TPSA) is 17.1 Å². The molecule has 1 aliphatic carbocycles. The number of Topliss-reactive ketones (excluding diaryl/α,β-unsaturated/α-hetero) is 1. The van der Waals surface area contributed by atoms with Gasteiger partial charge in [0.1, 0.15) is 0 Å². The minimum Gasteiger partial charge on any atom is -0.293 e. The average molecular weight is 388 g/mol. The monoisotopic (exact) mass is 387 g/mol. The van der Waals surface area contributed by atoms with Crippen molar-refractivity contribution < 1.29 is 6.17 Å². The predicted molar refractivity (Wildman–Crippen MR) is 123 cm³/mol. The van der Waals surface area contributed by atoms with Crippen LogP contribution in [0.2, 0.25) is 0 Å². The Balaban J connectivity index is 1.87. The maximum atomic E-state index is 14.1. The van der Waals surface area contributed by atoms with Gasteiger partial charge in [-0.05, 0) is 27.8 Å². The van der Waals surface area contributed by atoms with Gasteiger partial charge in [0.15, 0.2) is 5.78 Å². The van der Waals surface area contributed by atoms with Gasteiger partial charge >= 0.3 is 0 Å². The second-order valence-corrected chi connectivity index (χ2v) is 7.47. The largest absolute Gasteiger partial charge is 0.293 e. The number of carbonyl (C=O) groups is 1. The maximum absolute atomic E-state index is 14.1. The predicted octanol–water partition coefficient (Wildman–Crippen LogP) is 6.75. The van der Waals surface area contributed by atoms with Gasteiger partial charge in [0, 0.05) is 12.8 Å². The van der Waals surface area contributed by atoms with Crippen molar-refractivity contribution in [3.05, 3.63) is 144 Å². The second kappa shape index (κ2) is 7.96. The van der Waals surface area contributed by atoms with Crippen LogP contribution in [0.25, 0.3) is 11.1 Å². The molecule has 0 amide bonds. The Morgan fingerprint density at radius 2 is 0.967 bits per heavy atom. The van der Waals surface area contributed by atoms with Crippen LogP contribution >= 0.6 is 0 Å². The third-order valence-corrected chi connectivity index (χ3v) is 5.66. The molecule has 2 unspecified atom stereocenters. The van der Waals surface area contributed by atoms with E-state index in [1.165, 1.54) is 0 Å². The van der Waals surface area contributed by atoms with E-state index in [0.717, 1.165) is 27.8 Å². The van der Waals surface area contributed by atoms with Crippen LogP contribution in [0.5, 0.6) is 0 Å². The summed E-state index contributed by atoms with van der Waals surface area (Å²) < 4.78 is 9.94. The zero-order valence-corrected chi connectivity index (χ0v) is 16.5. The minimum atomic E-state index is -1.24. The molecule has 0 saturated heterocycles. The lowest BCUT2D eigenvalue weighted by Gasteiger charge is -2.23. The Morgan fingerprint density at radius 1 is 0.533 bits per heavy atom. The molecule has 0 fully saturated rings. The maximum Gasteiger partial charge on any atom is 0.172 e. The van der Waals surface area contributed by atoms with Crippen LogP contribution in [0.15, 0.2) is 121 Å². The second-order valence-electron chi connectivity index (χ2n) is 7.47. The van der Waals surface area contributed by atoms with E-state index < -0.39 is 11.8 Å². The molecule has 1 nitrogen and oxygen atoms in total. The van der Waals surface area contributed by atoms with E-state index in [1.54, 1.807) is 0 Å². The molecule has 1 heteroatoms. The molecule has 5 rings (SSSR count). The summed E-state index contributed by atoms with van der Waals surface area (Å²) in [5.41, 5.74) is 4.86. The third-order valence-electron chi connectivity index (χ3n) is 5.66. The lowest BCUT2D eigenvalue weighted by molar-refractivity contribution is -0.114. The summed E-state index contributed by atoms with van der Waals surface area (Å²) in [5.74, 6) is -1.87. The summed E-state index contributed by atoms with van der Waals surface area (Å²) in [4.78, 5) is 14.1. The van der Waals surface area contributed by atoms with Crippen molar-refractivity contribution in [2.24, 2.45) is 0 Å². The first kappa shape index (κ1) is 17.2. The molecule has 2 atom stereocenters. The summed E-state index contributed by atoms with van der Waals surface area (Å²) >= 11 is 0. The molecule has 0 heterocycles. The smallest absolute Gasteiger partial charge is 0.172 e. The van der Waals surface area contributed by atoms with Crippen LogP contribution in [-0.2, 0) is 4.79 Å². The van der Waals surface area contributed by atoms with Crippen LogP contribution in [0.1, 0.15) is 35.4 Å². The summed E-state index contributed by atoms with van der Waals surface area (Å²) in [6, 6.07) is 39.2. The Kier molecular flexibility index (Phi) is 4.56.